The van der Waals surface area contributed by atoms with Gasteiger partial charge in [0.1, 0.15) is 0 Å². The van der Waals surface area contributed by atoms with Crippen molar-refractivity contribution in [2.24, 2.45) is 5.92 Å². The molecule has 18 heavy (non-hydrogen) atoms. The van der Waals surface area contributed by atoms with E-state index in [4.69, 9.17) is 0 Å². The third kappa shape index (κ3) is 2.26. The smallest absolute Gasteiger partial charge is 0.194 e. The molecule has 0 aliphatic carbocycles. The van der Waals surface area contributed by atoms with Crippen LogP contribution in [0.1, 0.15) is 38.7 Å². The van der Waals surface area contributed by atoms with Gasteiger partial charge in [0.2, 0.25) is 0 Å². The zero-order chi connectivity index (χ0) is 13.3. The minimum Gasteiger partial charge on any atom is -0.307 e. The summed E-state index contributed by atoms with van der Waals surface area (Å²) in [5.74, 6) is -3.20. The average molecular weight is 257 g/mol. The molecule has 0 saturated carbocycles. The molecule has 1 N–H and O–H groups in total. The average Bonchev–Trinajstić information content (AvgIpc) is 2.74. The second kappa shape index (κ2) is 4.92. The molecule has 1 nitrogen and oxygen atoms in total. The maximum Gasteiger partial charge on any atom is 0.194 e. The largest absolute Gasteiger partial charge is 0.307 e. The third-order valence-electron chi connectivity index (χ3n) is 3.55. The standard InChI is InChI=1S/C14H18F3N/c1-9(2)8-14(6-3-7-18-14)10-4-5-11(15)13(17)12(10)16/h4-5,9,18H,3,6-8H2,1-2H3. The predicted molar refractivity (Wildman–Crippen MR) is 64.7 cm³/mol. The van der Waals surface area contributed by atoms with Crippen molar-refractivity contribution in [2.45, 2.75) is 38.6 Å². The Morgan fingerprint density at radius 3 is 2.50 bits per heavy atom. The lowest BCUT2D eigenvalue weighted by Crippen LogP contribution is -2.39. The van der Waals surface area contributed by atoms with Crippen LogP contribution < -0.4 is 5.32 Å². The summed E-state index contributed by atoms with van der Waals surface area (Å²) >= 11 is 0. The van der Waals surface area contributed by atoms with Crippen molar-refractivity contribution < 1.29 is 13.2 Å². The number of halogens is 3. The van der Waals surface area contributed by atoms with Gasteiger partial charge in [0, 0.05) is 11.1 Å². The molecule has 0 bridgehead atoms. The number of hydrogen-bond donors (Lipinski definition) is 1. The summed E-state index contributed by atoms with van der Waals surface area (Å²) in [6.45, 7) is 4.87. The molecular weight excluding hydrogens is 239 g/mol. The molecule has 1 heterocycles. The number of rotatable bonds is 3. The van der Waals surface area contributed by atoms with Gasteiger partial charge < -0.3 is 5.32 Å². The van der Waals surface area contributed by atoms with Crippen molar-refractivity contribution in [2.75, 3.05) is 6.54 Å². The summed E-state index contributed by atoms with van der Waals surface area (Å²) in [6, 6.07) is 2.38. The van der Waals surface area contributed by atoms with E-state index in [1.165, 1.54) is 6.07 Å². The van der Waals surface area contributed by atoms with Gasteiger partial charge in [0.05, 0.1) is 0 Å². The van der Waals surface area contributed by atoms with Crippen LogP contribution in [0.5, 0.6) is 0 Å². The summed E-state index contributed by atoms with van der Waals surface area (Å²) in [5.41, 5.74) is -0.292. The highest BCUT2D eigenvalue weighted by molar-refractivity contribution is 5.29. The molecule has 1 aliphatic heterocycles. The Kier molecular flexibility index (Phi) is 3.66. The molecule has 1 fully saturated rings. The second-order valence-electron chi connectivity index (χ2n) is 5.43. The fraction of sp³-hybridized carbons (Fsp3) is 0.571. The second-order valence-corrected chi connectivity index (χ2v) is 5.43. The molecule has 100 valence electrons. The van der Waals surface area contributed by atoms with E-state index >= 15 is 0 Å². The predicted octanol–water partition coefficient (Wildman–Crippen LogP) is 3.73. The summed E-state index contributed by atoms with van der Waals surface area (Å²) in [6.07, 6.45) is 2.40. The van der Waals surface area contributed by atoms with Crippen molar-refractivity contribution in [3.8, 4) is 0 Å². The highest BCUT2D eigenvalue weighted by Gasteiger charge is 2.38. The van der Waals surface area contributed by atoms with Gasteiger partial charge in [-0.15, -0.1) is 0 Å². The first-order chi connectivity index (χ1) is 8.46. The maximum absolute atomic E-state index is 14.0. The van der Waals surface area contributed by atoms with E-state index in [9.17, 15) is 13.2 Å². The topological polar surface area (TPSA) is 12.0 Å². The Hall–Kier alpha value is -1.03. The third-order valence-corrected chi connectivity index (χ3v) is 3.55. The Balaban J connectivity index is 2.46. The molecule has 0 amide bonds. The Morgan fingerprint density at radius 2 is 1.94 bits per heavy atom. The van der Waals surface area contributed by atoms with Crippen molar-refractivity contribution in [3.05, 3.63) is 35.1 Å². The van der Waals surface area contributed by atoms with Crippen molar-refractivity contribution >= 4 is 0 Å². The van der Waals surface area contributed by atoms with Crippen LogP contribution in [0.2, 0.25) is 0 Å². The van der Waals surface area contributed by atoms with Gasteiger partial charge in [-0.05, 0) is 37.8 Å². The number of nitrogens with one attached hydrogen (secondary N) is 1. The van der Waals surface area contributed by atoms with Crippen LogP contribution >= 0.6 is 0 Å². The molecule has 1 aromatic rings. The van der Waals surface area contributed by atoms with E-state index in [1.807, 2.05) is 13.8 Å². The molecule has 0 aromatic heterocycles. The van der Waals surface area contributed by atoms with E-state index in [1.54, 1.807) is 0 Å². The molecule has 1 saturated heterocycles. The van der Waals surface area contributed by atoms with Gasteiger partial charge in [-0.25, -0.2) is 13.2 Å². The van der Waals surface area contributed by atoms with E-state index in [2.05, 4.69) is 5.32 Å². The lowest BCUT2D eigenvalue weighted by atomic mass is 9.81. The highest BCUT2D eigenvalue weighted by atomic mass is 19.2. The van der Waals surface area contributed by atoms with Gasteiger partial charge in [-0.2, -0.15) is 0 Å². The maximum atomic E-state index is 14.0. The quantitative estimate of drug-likeness (QED) is 0.814. The summed E-state index contributed by atoms with van der Waals surface area (Å²) < 4.78 is 40.3. The minimum absolute atomic E-state index is 0.257. The zero-order valence-electron chi connectivity index (χ0n) is 10.7. The van der Waals surface area contributed by atoms with Gasteiger partial charge in [-0.3, -0.25) is 0 Å². The van der Waals surface area contributed by atoms with Crippen LogP contribution in [-0.2, 0) is 5.54 Å². The molecular formula is C14H18F3N. The van der Waals surface area contributed by atoms with E-state index in [0.717, 1.165) is 31.9 Å². The van der Waals surface area contributed by atoms with Crippen LogP contribution in [-0.4, -0.2) is 6.54 Å². The molecule has 1 aromatic carbocycles. The first-order valence-corrected chi connectivity index (χ1v) is 6.35. The Labute approximate surface area is 105 Å². The first-order valence-electron chi connectivity index (χ1n) is 6.35. The molecule has 2 rings (SSSR count). The normalized spacial score (nSPS) is 23.9. The summed E-state index contributed by atoms with van der Waals surface area (Å²) in [5, 5.41) is 3.28. The van der Waals surface area contributed by atoms with Gasteiger partial charge in [0.25, 0.3) is 0 Å². The molecule has 1 aliphatic rings. The van der Waals surface area contributed by atoms with Crippen LogP contribution in [0, 0.1) is 23.4 Å². The monoisotopic (exact) mass is 257 g/mol. The number of hydrogen-bond acceptors (Lipinski definition) is 1. The van der Waals surface area contributed by atoms with Crippen molar-refractivity contribution in [1.29, 1.82) is 0 Å². The molecule has 1 unspecified atom stereocenters. The van der Waals surface area contributed by atoms with Crippen molar-refractivity contribution in [1.82, 2.24) is 5.32 Å². The van der Waals surface area contributed by atoms with Gasteiger partial charge >= 0.3 is 0 Å². The minimum atomic E-state index is -1.37. The first kappa shape index (κ1) is 13.4. The lowest BCUT2D eigenvalue weighted by Gasteiger charge is -2.32. The summed E-state index contributed by atoms with van der Waals surface area (Å²) in [4.78, 5) is 0. The zero-order valence-corrected chi connectivity index (χ0v) is 10.7. The van der Waals surface area contributed by atoms with E-state index in [-0.39, 0.29) is 5.56 Å². The van der Waals surface area contributed by atoms with Crippen LogP contribution in [0.3, 0.4) is 0 Å². The van der Waals surface area contributed by atoms with Crippen LogP contribution in [0.4, 0.5) is 13.2 Å². The van der Waals surface area contributed by atoms with E-state index in [0.29, 0.717) is 5.92 Å². The summed E-state index contributed by atoms with van der Waals surface area (Å²) in [7, 11) is 0. The molecule has 1 atom stereocenters. The van der Waals surface area contributed by atoms with Crippen LogP contribution in [0.15, 0.2) is 12.1 Å². The SMILES string of the molecule is CC(C)CC1(c2ccc(F)c(F)c2F)CCCN1. The van der Waals surface area contributed by atoms with Gasteiger partial charge in [-0.1, -0.05) is 19.9 Å². The number of benzene rings is 1. The van der Waals surface area contributed by atoms with Crippen molar-refractivity contribution in [3.63, 3.8) is 0 Å². The fourth-order valence-electron chi connectivity index (χ4n) is 2.91. The van der Waals surface area contributed by atoms with E-state index < -0.39 is 23.0 Å². The molecule has 0 spiro atoms. The molecule has 4 heteroatoms. The lowest BCUT2D eigenvalue weighted by molar-refractivity contribution is 0.293. The Morgan fingerprint density at radius 1 is 1.22 bits per heavy atom. The fourth-order valence-corrected chi connectivity index (χ4v) is 2.91. The molecule has 0 radical (unpaired) electrons. The van der Waals surface area contributed by atoms with Crippen LogP contribution in [0.25, 0.3) is 0 Å². The Bertz CT molecular complexity index is 437. The highest BCUT2D eigenvalue weighted by Crippen LogP contribution is 2.38. The van der Waals surface area contributed by atoms with Gasteiger partial charge in [0.15, 0.2) is 17.5 Å².